The van der Waals surface area contributed by atoms with Gasteiger partial charge >= 0.3 is 0 Å². The minimum Gasteiger partial charge on any atom is -0.550 e. The Morgan fingerprint density at radius 3 is 2.82 bits per heavy atom. The third kappa shape index (κ3) is 1.63. The van der Waals surface area contributed by atoms with Crippen LogP contribution in [0.4, 0.5) is 0 Å². The molecule has 0 radical (unpaired) electrons. The average molecular weight is 298 g/mol. The minimum atomic E-state index is -1.20. The first kappa shape index (κ1) is 13.5. The minimum absolute atomic E-state index is 0.118. The van der Waals surface area contributed by atoms with Gasteiger partial charge in [0.25, 0.3) is 0 Å². The summed E-state index contributed by atoms with van der Waals surface area (Å²) in [6, 6.07) is 9.60. The van der Waals surface area contributed by atoms with Gasteiger partial charge in [-0.05, 0) is 12.5 Å². The molecule has 1 spiro atoms. The first-order valence-electron chi connectivity index (χ1n) is 7.47. The van der Waals surface area contributed by atoms with E-state index in [-0.39, 0.29) is 11.9 Å². The third-order valence-electron chi connectivity index (χ3n) is 5.15. The van der Waals surface area contributed by atoms with Crippen LogP contribution < -0.4 is 5.11 Å². The zero-order valence-corrected chi connectivity index (χ0v) is 12.1. The first-order chi connectivity index (χ1) is 10.5. The molecule has 2 bridgehead atoms. The highest BCUT2D eigenvalue weighted by atomic mass is 16.5. The molecular weight excluding hydrogens is 282 g/mol. The predicted octanol–water partition coefficient (Wildman–Crippen LogP) is 0.279. The Kier molecular flexibility index (Phi) is 2.72. The number of amides is 1. The summed E-state index contributed by atoms with van der Waals surface area (Å²) < 4.78 is 5.85. The number of carboxylic acids is 1. The number of fused-ring (bicyclic) bond motifs is 1. The van der Waals surface area contributed by atoms with E-state index in [2.05, 4.69) is 0 Å². The van der Waals surface area contributed by atoms with E-state index in [1.165, 1.54) is 0 Å². The summed E-state index contributed by atoms with van der Waals surface area (Å²) in [7, 11) is 0. The van der Waals surface area contributed by atoms with E-state index in [9.17, 15) is 14.7 Å². The smallest absolute Gasteiger partial charge is 0.230 e. The summed E-state index contributed by atoms with van der Waals surface area (Å²) >= 11 is 0. The molecule has 1 aromatic rings. The second-order valence-electron chi connectivity index (χ2n) is 6.27. The van der Waals surface area contributed by atoms with Crippen molar-refractivity contribution in [1.82, 2.24) is 4.90 Å². The summed E-state index contributed by atoms with van der Waals surface area (Å²) in [5.74, 6) is -2.91. The second kappa shape index (κ2) is 4.43. The van der Waals surface area contributed by atoms with Gasteiger partial charge in [-0.2, -0.15) is 0 Å². The number of carbonyl (C=O) groups is 2. The highest BCUT2D eigenvalue weighted by Crippen LogP contribution is 2.52. The average Bonchev–Trinajstić information content (AvgIpc) is 3.15. The Balaban J connectivity index is 1.68. The molecule has 0 unspecified atom stereocenters. The van der Waals surface area contributed by atoms with Gasteiger partial charge in [-0.15, -0.1) is 0 Å². The fraction of sp³-hybridized carbons (Fsp3) is 0.412. The summed E-state index contributed by atoms with van der Waals surface area (Å²) in [6.45, 7) is 2.35. The first-order valence-corrected chi connectivity index (χ1v) is 7.47. The van der Waals surface area contributed by atoms with E-state index in [1.54, 1.807) is 11.0 Å². The monoisotopic (exact) mass is 298 g/mol. The van der Waals surface area contributed by atoms with Crippen molar-refractivity contribution in [3.8, 4) is 0 Å². The molecule has 2 fully saturated rings. The molecular formula is C17H16NO4-. The normalized spacial score (nSPS) is 36.7. The zero-order valence-electron chi connectivity index (χ0n) is 12.1. The largest absolute Gasteiger partial charge is 0.550 e. The maximum absolute atomic E-state index is 12.8. The Morgan fingerprint density at radius 1 is 1.41 bits per heavy atom. The molecule has 0 N–H and O–H groups in total. The number of aliphatic carboxylic acids is 1. The van der Waals surface area contributed by atoms with E-state index < -0.39 is 29.5 Å². The number of carbonyl (C=O) groups excluding carboxylic acids is 2. The van der Waals surface area contributed by atoms with Gasteiger partial charge in [0.15, 0.2) is 0 Å². The topological polar surface area (TPSA) is 69.7 Å². The van der Waals surface area contributed by atoms with Gasteiger partial charge in [-0.25, -0.2) is 0 Å². The number of hydrogen-bond acceptors (Lipinski definition) is 4. The Morgan fingerprint density at radius 2 is 2.14 bits per heavy atom. The van der Waals surface area contributed by atoms with Crippen molar-refractivity contribution < 1.29 is 19.4 Å². The summed E-state index contributed by atoms with van der Waals surface area (Å²) in [6.07, 6.45) is 3.08. The standard InChI is InChI=1S/C17H17NO4/c1-10(11-5-3-2-4-6-11)18-9-17-8-7-12(22-17)13(16(20)21)14(17)15(18)19/h2-8,10,12-14H,9H2,1H3,(H,20,21)/p-1/t10-,12+,13-,14+,17-/m1/s1. The fourth-order valence-electron chi connectivity index (χ4n) is 4.04. The van der Waals surface area contributed by atoms with E-state index in [4.69, 9.17) is 4.74 Å². The lowest BCUT2D eigenvalue weighted by Crippen LogP contribution is -2.45. The second-order valence-corrected chi connectivity index (χ2v) is 6.27. The molecule has 3 aliphatic heterocycles. The Labute approximate surface area is 128 Å². The van der Waals surface area contributed by atoms with Crippen LogP contribution in [0.15, 0.2) is 42.5 Å². The number of carboxylic acid groups (broad SMARTS) is 1. The van der Waals surface area contributed by atoms with Crippen LogP contribution in [0.2, 0.25) is 0 Å². The van der Waals surface area contributed by atoms with Gasteiger partial charge in [0.2, 0.25) is 5.91 Å². The van der Waals surface area contributed by atoms with E-state index in [0.29, 0.717) is 6.54 Å². The van der Waals surface area contributed by atoms with Crippen molar-refractivity contribution in [3.63, 3.8) is 0 Å². The van der Waals surface area contributed by atoms with Crippen molar-refractivity contribution in [1.29, 1.82) is 0 Å². The predicted molar refractivity (Wildman–Crippen MR) is 75.3 cm³/mol. The van der Waals surface area contributed by atoms with Crippen molar-refractivity contribution in [2.45, 2.75) is 24.7 Å². The lowest BCUT2D eigenvalue weighted by Gasteiger charge is -2.28. The van der Waals surface area contributed by atoms with Crippen molar-refractivity contribution in [2.75, 3.05) is 6.54 Å². The van der Waals surface area contributed by atoms with E-state index in [1.807, 2.05) is 43.3 Å². The van der Waals surface area contributed by atoms with Crippen LogP contribution in [0.3, 0.4) is 0 Å². The molecule has 1 amide bonds. The molecule has 5 heteroatoms. The van der Waals surface area contributed by atoms with Crippen molar-refractivity contribution in [3.05, 3.63) is 48.0 Å². The van der Waals surface area contributed by atoms with Crippen molar-refractivity contribution in [2.24, 2.45) is 11.8 Å². The molecule has 3 heterocycles. The molecule has 3 aliphatic rings. The molecule has 0 saturated carbocycles. The van der Waals surface area contributed by atoms with E-state index in [0.717, 1.165) is 5.56 Å². The van der Waals surface area contributed by atoms with Crippen molar-refractivity contribution >= 4 is 11.9 Å². The van der Waals surface area contributed by atoms with Crippen LogP contribution in [0, 0.1) is 11.8 Å². The SMILES string of the molecule is C[C@H](c1ccccc1)N1C[C@@]23C=C[C@H](O2)[C@@H](C(=O)[O-])[C@H]3C1=O. The molecule has 0 aromatic heterocycles. The van der Waals surface area contributed by atoms with Crippen LogP contribution in [-0.4, -0.2) is 35.0 Å². The van der Waals surface area contributed by atoms with Gasteiger partial charge in [0, 0.05) is 11.9 Å². The van der Waals surface area contributed by atoms with Crippen LogP contribution in [0.25, 0.3) is 0 Å². The number of rotatable bonds is 3. The van der Waals surface area contributed by atoms with Crippen LogP contribution >= 0.6 is 0 Å². The van der Waals surface area contributed by atoms with Crippen LogP contribution in [-0.2, 0) is 14.3 Å². The van der Waals surface area contributed by atoms with Gasteiger partial charge in [-0.3, -0.25) is 4.79 Å². The number of hydrogen-bond donors (Lipinski definition) is 0. The number of benzene rings is 1. The summed E-state index contributed by atoms with van der Waals surface area (Å²) in [4.78, 5) is 26.0. The maximum atomic E-state index is 12.8. The lowest BCUT2D eigenvalue weighted by molar-refractivity contribution is -0.313. The molecule has 22 heavy (non-hydrogen) atoms. The molecule has 0 aliphatic carbocycles. The summed E-state index contributed by atoms with van der Waals surface area (Å²) in [5, 5.41) is 11.4. The molecule has 114 valence electrons. The molecule has 4 rings (SSSR count). The number of ether oxygens (including phenoxy) is 1. The van der Waals surface area contributed by atoms with E-state index >= 15 is 0 Å². The zero-order chi connectivity index (χ0) is 15.5. The highest BCUT2D eigenvalue weighted by Gasteiger charge is 2.65. The maximum Gasteiger partial charge on any atom is 0.230 e. The van der Waals surface area contributed by atoms with Crippen LogP contribution in [0.1, 0.15) is 18.5 Å². The van der Waals surface area contributed by atoms with Gasteiger partial charge in [0.1, 0.15) is 5.60 Å². The Hall–Kier alpha value is -2.14. The molecule has 2 saturated heterocycles. The Bertz CT molecular complexity index is 670. The highest BCUT2D eigenvalue weighted by molar-refractivity contribution is 5.90. The number of likely N-dealkylation sites (tertiary alicyclic amines) is 1. The molecule has 5 atom stereocenters. The number of nitrogens with zero attached hydrogens (tertiary/aromatic N) is 1. The molecule has 5 nitrogen and oxygen atoms in total. The summed E-state index contributed by atoms with van der Waals surface area (Å²) in [5.41, 5.74) is 0.228. The van der Waals surface area contributed by atoms with Gasteiger partial charge < -0.3 is 19.5 Å². The third-order valence-corrected chi connectivity index (χ3v) is 5.15. The fourth-order valence-corrected chi connectivity index (χ4v) is 4.04. The van der Waals surface area contributed by atoms with Gasteiger partial charge in [0.05, 0.1) is 24.6 Å². The molecule has 1 aromatic carbocycles. The quantitative estimate of drug-likeness (QED) is 0.752. The lowest BCUT2D eigenvalue weighted by atomic mass is 9.77. The van der Waals surface area contributed by atoms with Gasteiger partial charge in [-0.1, -0.05) is 42.5 Å². The van der Waals surface area contributed by atoms with Crippen LogP contribution in [0.5, 0.6) is 0 Å².